The smallest absolute Gasteiger partial charge is 0.0700 e. The van der Waals surface area contributed by atoms with Gasteiger partial charge in [-0.1, -0.05) is 0 Å². The summed E-state index contributed by atoms with van der Waals surface area (Å²) in [6.07, 6.45) is 3.78. The van der Waals surface area contributed by atoms with Crippen LogP contribution in [0.3, 0.4) is 0 Å². The van der Waals surface area contributed by atoms with Gasteiger partial charge in [-0.3, -0.25) is 14.9 Å². The van der Waals surface area contributed by atoms with Gasteiger partial charge in [-0.15, -0.1) is 0 Å². The molecule has 0 spiro atoms. The quantitative estimate of drug-likeness (QED) is 0.920. The molecule has 0 radical (unpaired) electrons. The zero-order valence-electron chi connectivity index (χ0n) is 13.9. The van der Waals surface area contributed by atoms with Gasteiger partial charge in [-0.05, 0) is 26.7 Å². The number of morpholine rings is 1. The van der Waals surface area contributed by atoms with Crippen LogP contribution >= 0.6 is 0 Å². The largest absolute Gasteiger partial charge is 0.379 e. The van der Waals surface area contributed by atoms with Gasteiger partial charge in [-0.25, -0.2) is 0 Å². The van der Waals surface area contributed by atoms with Crippen LogP contribution in [0.25, 0.3) is 0 Å². The van der Waals surface area contributed by atoms with Crippen molar-refractivity contribution in [1.82, 2.24) is 20.0 Å². The van der Waals surface area contributed by atoms with Crippen molar-refractivity contribution >= 4 is 0 Å². The van der Waals surface area contributed by atoms with E-state index in [0.717, 1.165) is 58.3 Å². The molecule has 1 aliphatic carbocycles. The molecule has 5 nitrogen and oxygen atoms in total. The maximum absolute atomic E-state index is 5.50. The van der Waals surface area contributed by atoms with Gasteiger partial charge in [0.1, 0.15) is 0 Å². The standard InChI is InChI=1S/C17H28N4O/c1-17(2,21-7-9-22-10-8-21)12-20-6-5-15-14(11-20)16(19-18-15)13-3-4-13/h13H,3-12H2,1-2H3,(H,18,19). The molecule has 1 saturated carbocycles. The van der Waals surface area contributed by atoms with Crippen molar-refractivity contribution in [2.45, 2.75) is 51.1 Å². The number of aromatic amines is 1. The summed E-state index contributed by atoms with van der Waals surface area (Å²) in [7, 11) is 0. The molecular formula is C17H28N4O. The number of hydrogen-bond acceptors (Lipinski definition) is 4. The highest BCUT2D eigenvalue weighted by Gasteiger charge is 2.35. The Kier molecular flexibility index (Phi) is 3.75. The topological polar surface area (TPSA) is 44.4 Å². The van der Waals surface area contributed by atoms with E-state index in [0.29, 0.717) is 0 Å². The molecule has 1 aromatic heterocycles. The zero-order valence-corrected chi connectivity index (χ0v) is 13.9. The Morgan fingerprint density at radius 2 is 2.00 bits per heavy atom. The highest BCUT2D eigenvalue weighted by Crippen LogP contribution is 2.42. The molecule has 0 amide bonds. The zero-order chi connectivity index (χ0) is 15.2. The summed E-state index contributed by atoms with van der Waals surface area (Å²) < 4.78 is 5.50. The molecule has 122 valence electrons. The summed E-state index contributed by atoms with van der Waals surface area (Å²) >= 11 is 0. The van der Waals surface area contributed by atoms with Gasteiger partial charge in [-0.2, -0.15) is 5.10 Å². The first kappa shape index (κ1) is 14.7. The second-order valence-corrected chi connectivity index (χ2v) is 7.71. The van der Waals surface area contributed by atoms with Gasteiger partial charge in [0.2, 0.25) is 0 Å². The second-order valence-electron chi connectivity index (χ2n) is 7.71. The molecule has 0 unspecified atom stereocenters. The number of rotatable bonds is 4. The molecule has 4 rings (SSSR count). The summed E-state index contributed by atoms with van der Waals surface area (Å²) in [4.78, 5) is 5.21. The average Bonchev–Trinajstić information content (AvgIpc) is 3.28. The fourth-order valence-electron chi connectivity index (χ4n) is 4.02. The summed E-state index contributed by atoms with van der Waals surface area (Å²) in [5.74, 6) is 0.743. The first-order valence-electron chi connectivity index (χ1n) is 8.75. The third-order valence-corrected chi connectivity index (χ3v) is 5.49. The molecule has 1 saturated heterocycles. The maximum atomic E-state index is 5.50. The molecular weight excluding hydrogens is 276 g/mol. The first-order valence-corrected chi connectivity index (χ1v) is 8.75. The fourth-order valence-corrected chi connectivity index (χ4v) is 4.02. The average molecular weight is 304 g/mol. The molecule has 2 aliphatic heterocycles. The van der Waals surface area contributed by atoms with Gasteiger partial charge in [0, 0.05) is 61.9 Å². The van der Waals surface area contributed by atoms with Crippen LogP contribution < -0.4 is 0 Å². The van der Waals surface area contributed by atoms with Crippen LogP contribution in [0.2, 0.25) is 0 Å². The molecule has 3 aliphatic rings. The van der Waals surface area contributed by atoms with Crippen LogP contribution in [-0.2, 0) is 17.7 Å². The Morgan fingerprint density at radius 3 is 2.73 bits per heavy atom. The van der Waals surface area contributed by atoms with E-state index in [2.05, 4.69) is 33.8 Å². The van der Waals surface area contributed by atoms with Crippen molar-refractivity contribution in [3.63, 3.8) is 0 Å². The van der Waals surface area contributed by atoms with Crippen LogP contribution in [-0.4, -0.2) is 64.9 Å². The minimum atomic E-state index is 0.213. The Bertz CT molecular complexity index is 529. The lowest BCUT2D eigenvalue weighted by Gasteiger charge is -2.44. The molecule has 2 fully saturated rings. The molecule has 1 aromatic rings. The van der Waals surface area contributed by atoms with E-state index < -0.39 is 0 Å². The van der Waals surface area contributed by atoms with E-state index in [1.807, 2.05) is 0 Å². The third-order valence-electron chi connectivity index (χ3n) is 5.49. The predicted octanol–water partition coefficient (Wildman–Crippen LogP) is 1.76. The normalized spacial score (nSPS) is 24.5. The number of fused-ring (bicyclic) bond motifs is 1. The molecule has 0 atom stereocenters. The van der Waals surface area contributed by atoms with Crippen LogP contribution in [0.1, 0.15) is 49.6 Å². The lowest BCUT2D eigenvalue weighted by molar-refractivity contribution is -0.0231. The molecule has 1 N–H and O–H groups in total. The molecule has 0 aromatic carbocycles. The van der Waals surface area contributed by atoms with Crippen LogP contribution in [0.4, 0.5) is 0 Å². The SMILES string of the molecule is CC(C)(CN1CCc2[nH]nc(C3CC3)c2C1)N1CCOCC1. The Labute approximate surface area is 133 Å². The minimum absolute atomic E-state index is 0.213. The van der Waals surface area contributed by atoms with Crippen molar-refractivity contribution in [3.05, 3.63) is 17.0 Å². The fraction of sp³-hybridized carbons (Fsp3) is 0.824. The minimum Gasteiger partial charge on any atom is -0.379 e. The van der Waals surface area contributed by atoms with Crippen molar-refractivity contribution in [3.8, 4) is 0 Å². The van der Waals surface area contributed by atoms with Gasteiger partial charge in [0.05, 0.1) is 18.9 Å². The highest BCUT2D eigenvalue weighted by molar-refractivity contribution is 5.32. The molecule has 3 heterocycles. The Hall–Kier alpha value is -0.910. The van der Waals surface area contributed by atoms with Crippen molar-refractivity contribution in [1.29, 1.82) is 0 Å². The Balaban J connectivity index is 1.44. The predicted molar refractivity (Wildman–Crippen MR) is 86.0 cm³/mol. The van der Waals surface area contributed by atoms with Crippen molar-refractivity contribution in [2.75, 3.05) is 39.4 Å². The van der Waals surface area contributed by atoms with Crippen LogP contribution in [0.15, 0.2) is 0 Å². The van der Waals surface area contributed by atoms with E-state index >= 15 is 0 Å². The Morgan fingerprint density at radius 1 is 1.23 bits per heavy atom. The summed E-state index contributed by atoms with van der Waals surface area (Å²) in [5, 5.41) is 7.89. The summed E-state index contributed by atoms with van der Waals surface area (Å²) in [6.45, 7) is 12.0. The number of aromatic nitrogens is 2. The third kappa shape index (κ3) is 2.82. The molecule has 5 heteroatoms. The van der Waals surface area contributed by atoms with Crippen molar-refractivity contribution < 1.29 is 4.74 Å². The van der Waals surface area contributed by atoms with Gasteiger partial charge >= 0.3 is 0 Å². The van der Waals surface area contributed by atoms with E-state index in [4.69, 9.17) is 4.74 Å². The first-order chi connectivity index (χ1) is 10.6. The van der Waals surface area contributed by atoms with Gasteiger partial charge in [0.25, 0.3) is 0 Å². The highest BCUT2D eigenvalue weighted by atomic mass is 16.5. The van der Waals surface area contributed by atoms with E-state index in [-0.39, 0.29) is 5.54 Å². The lowest BCUT2D eigenvalue weighted by atomic mass is 9.97. The number of nitrogens with zero attached hydrogens (tertiary/aromatic N) is 3. The number of ether oxygens (including phenoxy) is 1. The molecule has 22 heavy (non-hydrogen) atoms. The monoisotopic (exact) mass is 304 g/mol. The molecule has 0 bridgehead atoms. The van der Waals surface area contributed by atoms with E-state index in [9.17, 15) is 0 Å². The summed E-state index contributed by atoms with van der Waals surface area (Å²) in [6, 6.07) is 0. The summed E-state index contributed by atoms with van der Waals surface area (Å²) in [5.41, 5.74) is 4.47. The van der Waals surface area contributed by atoms with Crippen LogP contribution in [0.5, 0.6) is 0 Å². The lowest BCUT2D eigenvalue weighted by Crippen LogP contribution is -2.55. The number of nitrogens with one attached hydrogen (secondary N) is 1. The van der Waals surface area contributed by atoms with Gasteiger partial charge in [0.15, 0.2) is 0 Å². The van der Waals surface area contributed by atoms with Crippen LogP contribution in [0, 0.1) is 0 Å². The van der Waals surface area contributed by atoms with Crippen molar-refractivity contribution in [2.24, 2.45) is 0 Å². The van der Waals surface area contributed by atoms with Gasteiger partial charge < -0.3 is 4.74 Å². The van der Waals surface area contributed by atoms with E-state index in [1.54, 1.807) is 0 Å². The number of hydrogen-bond donors (Lipinski definition) is 1. The maximum Gasteiger partial charge on any atom is 0.0700 e. The second kappa shape index (κ2) is 5.62. The van der Waals surface area contributed by atoms with E-state index in [1.165, 1.54) is 29.8 Å². The number of H-pyrrole nitrogens is 1.